The number of benzene rings is 1. The van der Waals surface area contributed by atoms with Gasteiger partial charge in [0.05, 0.1) is 12.3 Å². The third-order valence-electron chi connectivity index (χ3n) is 4.26. The van der Waals surface area contributed by atoms with Crippen molar-refractivity contribution in [2.75, 3.05) is 5.32 Å². The summed E-state index contributed by atoms with van der Waals surface area (Å²) in [5.41, 5.74) is 1.42. The highest BCUT2D eigenvalue weighted by atomic mass is 16.3. The summed E-state index contributed by atoms with van der Waals surface area (Å²) < 4.78 is 6.83. The van der Waals surface area contributed by atoms with Crippen molar-refractivity contribution in [3.05, 3.63) is 48.4 Å². The number of amides is 2. The number of carbonyl (C=O) groups excluding carboxylic acids is 2. The Balaban J connectivity index is 1.44. The van der Waals surface area contributed by atoms with Crippen molar-refractivity contribution < 1.29 is 14.0 Å². The number of rotatable bonds is 6. The summed E-state index contributed by atoms with van der Waals surface area (Å²) in [6.07, 6.45) is 3.54. The summed E-state index contributed by atoms with van der Waals surface area (Å²) in [5.74, 6) is 0.0465. The minimum atomic E-state index is -0.733. The molecule has 0 unspecified atom stereocenters. The molecule has 1 fully saturated rings. The molecular weight excluding hydrogens is 348 g/mol. The number of nitrogens with one attached hydrogen (secondary N) is 2. The molecule has 2 heterocycles. The monoisotopic (exact) mass is 366 g/mol. The Hall–Kier alpha value is -3.49. The lowest BCUT2D eigenvalue weighted by atomic mass is 10.1. The summed E-state index contributed by atoms with van der Waals surface area (Å²) in [6, 6.07) is 10.1. The van der Waals surface area contributed by atoms with Crippen molar-refractivity contribution >= 4 is 17.5 Å². The van der Waals surface area contributed by atoms with Crippen LogP contribution in [-0.2, 0) is 4.79 Å². The van der Waals surface area contributed by atoms with Crippen molar-refractivity contribution in [3.63, 3.8) is 0 Å². The predicted molar refractivity (Wildman–Crippen MR) is 95.8 cm³/mol. The average Bonchev–Trinajstić information content (AvgIpc) is 3.16. The van der Waals surface area contributed by atoms with Gasteiger partial charge < -0.3 is 15.1 Å². The molecule has 9 nitrogen and oxygen atoms in total. The normalized spacial score (nSPS) is 14.6. The fraction of sp³-hybridized carbons (Fsp3) is 0.278. The van der Waals surface area contributed by atoms with Gasteiger partial charge in [-0.1, -0.05) is 12.1 Å². The van der Waals surface area contributed by atoms with Crippen LogP contribution in [0.3, 0.4) is 0 Å². The SMILES string of the molecule is C[C@H](NC(=O)c1ccco1)C(=O)Nc1cccc(-c2nnnn2C2CC2)c1. The van der Waals surface area contributed by atoms with E-state index in [4.69, 9.17) is 4.42 Å². The molecule has 0 spiro atoms. The molecule has 4 rings (SSSR count). The molecule has 138 valence electrons. The van der Waals surface area contributed by atoms with Crippen LogP contribution < -0.4 is 10.6 Å². The van der Waals surface area contributed by atoms with E-state index in [0.29, 0.717) is 17.6 Å². The van der Waals surface area contributed by atoms with E-state index in [0.717, 1.165) is 18.4 Å². The molecule has 2 N–H and O–H groups in total. The molecular formula is C18H18N6O3. The highest BCUT2D eigenvalue weighted by molar-refractivity contribution is 6.00. The fourth-order valence-electron chi connectivity index (χ4n) is 2.68. The molecule has 27 heavy (non-hydrogen) atoms. The zero-order valence-corrected chi connectivity index (χ0v) is 14.6. The van der Waals surface area contributed by atoms with Crippen LogP contribution in [0.15, 0.2) is 47.1 Å². The highest BCUT2D eigenvalue weighted by Gasteiger charge is 2.28. The van der Waals surface area contributed by atoms with E-state index < -0.39 is 11.9 Å². The molecule has 0 radical (unpaired) electrons. The molecule has 2 amide bonds. The van der Waals surface area contributed by atoms with Gasteiger partial charge in [-0.05, 0) is 54.5 Å². The Morgan fingerprint density at radius 1 is 1.26 bits per heavy atom. The molecule has 1 atom stereocenters. The van der Waals surface area contributed by atoms with Gasteiger partial charge in [-0.25, -0.2) is 4.68 Å². The molecule has 0 saturated heterocycles. The Kier molecular flexibility index (Phi) is 4.41. The number of tetrazole rings is 1. The van der Waals surface area contributed by atoms with Crippen molar-refractivity contribution in [2.24, 2.45) is 0 Å². The zero-order chi connectivity index (χ0) is 18.8. The van der Waals surface area contributed by atoms with E-state index in [1.165, 1.54) is 12.3 Å². The van der Waals surface area contributed by atoms with E-state index in [1.54, 1.807) is 19.1 Å². The minimum Gasteiger partial charge on any atom is -0.459 e. The van der Waals surface area contributed by atoms with Gasteiger partial charge in [0.1, 0.15) is 6.04 Å². The maximum absolute atomic E-state index is 12.4. The van der Waals surface area contributed by atoms with Crippen LogP contribution in [-0.4, -0.2) is 38.1 Å². The van der Waals surface area contributed by atoms with Crippen molar-refractivity contribution in [2.45, 2.75) is 31.8 Å². The van der Waals surface area contributed by atoms with Crippen LogP contribution in [0.4, 0.5) is 5.69 Å². The van der Waals surface area contributed by atoms with Crippen LogP contribution in [0.25, 0.3) is 11.4 Å². The molecule has 0 aliphatic heterocycles. The Morgan fingerprint density at radius 2 is 2.11 bits per heavy atom. The second-order valence-electron chi connectivity index (χ2n) is 6.42. The molecule has 1 saturated carbocycles. The molecule has 9 heteroatoms. The molecule has 1 aromatic carbocycles. The summed E-state index contributed by atoms with van der Waals surface area (Å²) in [5, 5.41) is 17.3. The quantitative estimate of drug-likeness (QED) is 0.690. The first-order chi connectivity index (χ1) is 13.1. The van der Waals surface area contributed by atoms with Gasteiger partial charge in [0, 0.05) is 11.3 Å². The minimum absolute atomic E-state index is 0.156. The van der Waals surface area contributed by atoms with Crippen molar-refractivity contribution in [3.8, 4) is 11.4 Å². The van der Waals surface area contributed by atoms with Gasteiger partial charge in [0.15, 0.2) is 11.6 Å². The first-order valence-corrected chi connectivity index (χ1v) is 8.65. The molecule has 2 aromatic heterocycles. The topological polar surface area (TPSA) is 115 Å². The van der Waals surface area contributed by atoms with E-state index >= 15 is 0 Å². The number of aromatic nitrogens is 4. The number of furan rings is 1. The summed E-state index contributed by atoms with van der Waals surface area (Å²) in [7, 11) is 0. The number of anilines is 1. The smallest absolute Gasteiger partial charge is 0.287 e. The van der Waals surface area contributed by atoms with Gasteiger partial charge in [0.25, 0.3) is 5.91 Å². The summed E-state index contributed by atoms with van der Waals surface area (Å²) >= 11 is 0. The van der Waals surface area contributed by atoms with Crippen LogP contribution in [0.2, 0.25) is 0 Å². The maximum Gasteiger partial charge on any atom is 0.287 e. The summed E-state index contributed by atoms with van der Waals surface area (Å²) in [4.78, 5) is 24.4. The van der Waals surface area contributed by atoms with Gasteiger partial charge >= 0.3 is 0 Å². The lowest BCUT2D eigenvalue weighted by Gasteiger charge is -2.14. The first kappa shape index (κ1) is 17.0. The maximum atomic E-state index is 12.4. The average molecular weight is 366 g/mol. The second-order valence-corrected chi connectivity index (χ2v) is 6.42. The molecule has 0 bridgehead atoms. The zero-order valence-electron chi connectivity index (χ0n) is 14.6. The first-order valence-electron chi connectivity index (χ1n) is 8.65. The second kappa shape index (κ2) is 7.02. The van der Waals surface area contributed by atoms with Crippen molar-refractivity contribution in [1.29, 1.82) is 0 Å². The lowest BCUT2D eigenvalue weighted by Crippen LogP contribution is -2.41. The Morgan fingerprint density at radius 3 is 2.85 bits per heavy atom. The van der Waals surface area contributed by atoms with E-state index in [1.807, 2.05) is 22.9 Å². The van der Waals surface area contributed by atoms with Crippen LogP contribution >= 0.6 is 0 Å². The number of nitrogens with zero attached hydrogens (tertiary/aromatic N) is 4. The van der Waals surface area contributed by atoms with Crippen molar-refractivity contribution in [1.82, 2.24) is 25.5 Å². The molecule has 1 aliphatic rings. The Bertz CT molecular complexity index is 961. The van der Waals surface area contributed by atoms with Gasteiger partial charge in [-0.15, -0.1) is 5.10 Å². The predicted octanol–water partition coefficient (Wildman–Crippen LogP) is 2.02. The summed E-state index contributed by atoms with van der Waals surface area (Å²) in [6.45, 7) is 1.60. The lowest BCUT2D eigenvalue weighted by molar-refractivity contribution is -0.117. The third-order valence-corrected chi connectivity index (χ3v) is 4.26. The Labute approximate surface area is 154 Å². The number of hydrogen-bond donors (Lipinski definition) is 2. The van der Waals surface area contributed by atoms with Gasteiger partial charge in [-0.3, -0.25) is 9.59 Å². The van der Waals surface area contributed by atoms with Crippen LogP contribution in [0.1, 0.15) is 36.4 Å². The molecule has 1 aliphatic carbocycles. The highest BCUT2D eigenvalue weighted by Crippen LogP contribution is 2.36. The van der Waals surface area contributed by atoms with E-state index in [9.17, 15) is 9.59 Å². The standard InChI is InChI=1S/C18H18N6O3/c1-11(19-18(26)15-6-3-9-27-15)17(25)20-13-5-2-4-12(10-13)16-21-22-23-24(16)14-7-8-14/h2-6,9-11,14H,7-8H2,1H3,(H,19,26)(H,20,25)/t11-/m0/s1. The van der Waals surface area contributed by atoms with Gasteiger partial charge in [-0.2, -0.15) is 0 Å². The van der Waals surface area contributed by atoms with Crippen LogP contribution in [0.5, 0.6) is 0 Å². The third kappa shape index (κ3) is 3.71. The number of carbonyl (C=O) groups is 2. The number of hydrogen-bond acceptors (Lipinski definition) is 6. The van der Waals surface area contributed by atoms with E-state index in [2.05, 4.69) is 26.2 Å². The van der Waals surface area contributed by atoms with Crippen LogP contribution in [0, 0.1) is 0 Å². The largest absolute Gasteiger partial charge is 0.459 e. The molecule has 3 aromatic rings. The fourth-order valence-corrected chi connectivity index (χ4v) is 2.68. The van der Waals surface area contributed by atoms with Gasteiger partial charge in [0.2, 0.25) is 5.91 Å². The van der Waals surface area contributed by atoms with E-state index in [-0.39, 0.29) is 11.7 Å².